The number of anilines is 2. The molecule has 0 saturated heterocycles. The Hall–Kier alpha value is -2.61. The maximum atomic E-state index is 14.0. The van der Waals surface area contributed by atoms with Gasteiger partial charge in [0.15, 0.2) is 6.29 Å². The van der Waals surface area contributed by atoms with Gasteiger partial charge in [0.2, 0.25) is 0 Å². The molecule has 0 unspecified atom stereocenters. The molecule has 0 fully saturated rings. The molecular formula is C24H30N2O4S. The Morgan fingerprint density at radius 3 is 2.03 bits per heavy atom. The number of ether oxygens (including phenoxy) is 2. The summed E-state index contributed by atoms with van der Waals surface area (Å²) in [5.74, 6) is 0. The lowest BCUT2D eigenvalue weighted by molar-refractivity contribution is -0.128. The van der Waals surface area contributed by atoms with E-state index in [2.05, 4.69) is 0 Å². The molecule has 3 rings (SSSR count). The number of hydrogen-bond acceptors (Lipinski definition) is 5. The molecule has 7 heteroatoms. The van der Waals surface area contributed by atoms with E-state index < -0.39 is 16.3 Å². The number of para-hydroxylation sites is 1. The van der Waals surface area contributed by atoms with Gasteiger partial charge in [-0.25, -0.2) is 8.42 Å². The van der Waals surface area contributed by atoms with Crippen molar-refractivity contribution in [3.05, 3.63) is 66.7 Å². The van der Waals surface area contributed by atoms with Crippen molar-refractivity contribution < 1.29 is 17.9 Å². The maximum absolute atomic E-state index is 14.0. The highest BCUT2D eigenvalue weighted by atomic mass is 32.2. The second kappa shape index (κ2) is 10.1. The Morgan fingerprint density at radius 1 is 0.806 bits per heavy atom. The molecule has 0 saturated carbocycles. The Morgan fingerprint density at radius 2 is 1.42 bits per heavy atom. The predicted octanol–water partition coefficient (Wildman–Crippen LogP) is 4.50. The van der Waals surface area contributed by atoms with Gasteiger partial charge in [0, 0.05) is 43.8 Å². The number of rotatable bonds is 10. The zero-order chi connectivity index (χ0) is 22.4. The van der Waals surface area contributed by atoms with Crippen LogP contribution in [-0.2, 0) is 19.5 Å². The van der Waals surface area contributed by atoms with E-state index >= 15 is 0 Å². The molecule has 0 aromatic heterocycles. The highest BCUT2D eigenvalue weighted by Crippen LogP contribution is 2.33. The smallest absolute Gasteiger partial charge is 0.265 e. The summed E-state index contributed by atoms with van der Waals surface area (Å²) in [5.41, 5.74) is 1.52. The molecule has 0 atom stereocenters. The van der Waals surface area contributed by atoms with E-state index in [0.717, 1.165) is 11.1 Å². The zero-order valence-electron chi connectivity index (χ0n) is 18.5. The molecule has 3 aromatic rings. The lowest BCUT2D eigenvalue weighted by Crippen LogP contribution is -2.40. The summed E-state index contributed by atoms with van der Waals surface area (Å²) in [7, 11) is -0.00920. The third-order valence-electron chi connectivity index (χ3n) is 4.97. The van der Waals surface area contributed by atoms with Crippen molar-refractivity contribution >= 4 is 32.2 Å². The minimum absolute atomic E-state index is 0.0534. The van der Waals surface area contributed by atoms with Gasteiger partial charge in [-0.15, -0.1) is 0 Å². The molecule has 0 aliphatic rings. The lowest BCUT2D eigenvalue weighted by atomic mass is 10.1. The van der Waals surface area contributed by atoms with Crippen LogP contribution in [0.5, 0.6) is 0 Å². The van der Waals surface area contributed by atoms with E-state index in [1.807, 2.05) is 75.3 Å². The second-order valence-corrected chi connectivity index (χ2v) is 9.07. The lowest BCUT2D eigenvalue weighted by Gasteiger charge is -2.29. The van der Waals surface area contributed by atoms with Crippen LogP contribution in [0.1, 0.15) is 13.8 Å². The predicted molar refractivity (Wildman–Crippen MR) is 126 cm³/mol. The van der Waals surface area contributed by atoms with Crippen LogP contribution >= 0.6 is 0 Å². The van der Waals surface area contributed by atoms with E-state index in [4.69, 9.17) is 9.47 Å². The van der Waals surface area contributed by atoms with Gasteiger partial charge < -0.3 is 14.4 Å². The first-order chi connectivity index (χ1) is 14.9. The van der Waals surface area contributed by atoms with E-state index in [1.165, 1.54) is 4.31 Å². The topological polar surface area (TPSA) is 59.1 Å². The molecule has 0 aliphatic carbocycles. The van der Waals surface area contributed by atoms with Gasteiger partial charge in [-0.05, 0) is 38.1 Å². The van der Waals surface area contributed by atoms with E-state index in [1.54, 1.807) is 24.3 Å². The fraction of sp³-hybridized carbons (Fsp3) is 0.333. The van der Waals surface area contributed by atoms with Crippen molar-refractivity contribution in [3.63, 3.8) is 0 Å². The van der Waals surface area contributed by atoms with Crippen LogP contribution in [0.2, 0.25) is 0 Å². The van der Waals surface area contributed by atoms with Crippen molar-refractivity contribution in [2.24, 2.45) is 0 Å². The fourth-order valence-corrected chi connectivity index (χ4v) is 5.26. The van der Waals surface area contributed by atoms with Crippen LogP contribution in [0.4, 0.5) is 11.4 Å². The van der Waals surface area contributed by atoms with Crippen LogP contribution in [-0.4, -0.2) is 48.6 Å². The maximum Gasteiger partial charge on any atom is 0.265 e. The van der Waals surface area contributed by atoms with Gasteiger partial charge >= 0.3 is 0 Å². The minimum atomic E-state index is -3.90. The highest BCUT2D eigenvalue weighted by molar-refractivity contribution is 7.93. The Balaban J connectivity index is 2.16. The molecule has 0 radical (unpaired) electrons. The molecule has 6 nitrogen and oxygen atoms in total. The zero-order valence-corrected chi connectivity index (χ0v) is 19.3. The van der Waals surface area contributed by atoms with Crippen LogP contribution in [0.15, 0.2) is 71.6 Å². The van der Waals surface area contributed by atoms with Crippen LogP contribution in [0, 0.1) is 0 Å². The molecule has 0 bridgehead atoms. The van der Waals surface area contributed by atoms with Crippen molar-refractivity contribution in [1.29, 1.82) is 0 Å². The molecule has 0 N–H and O–H groups in total. The SMILES string of the molecule is CCOC(CN(c1ccccc1)S(=O)(=O)c1cccc2c(N(C)C)cccc12)OCC. The number of hydrogen-bond donors (Lipinski definition) is 0. The number of benzene rings is 3. The second-order valence-electron chi connectivity index (χ2n) is 7.23. The number of fused-ring (bicyclic) bond motifs is 1. The van der Waals surface area contributed by atoms with Gasteiger partial charge in [0.25, 0.3) is 10.0 Å². The van der Waals surface area contributed by atoms with Gasteiger partial charge in [0.05, 0.1) is 17.1 Å². The molecule has 0 amide bonds. The minimum Gasteiger partial charge on any atom is -0.377 e. The van der Waals surface area contributed by atoms with E-state index in [9.17, 15) is 8.42 Å². The van der Waals surface area contributed by atoms with Gasteiger partial charge in [-0.1, -0.05) is 42.5 Å². The van der Waals surface area contributed by atoms with Crippen LogP contribution in [0.3, 0.4) is 0 Å². The summed E-state index contributed by atoms with van der Waals surface area (Å²) in [6, 6.07) is 20.2. The van der Waals surface area contributed by atoms with Crippen molar-refractivity contribution in [3.8, 4) is 0 Å². The van der Waals surface area contributed by atoms with Crippen LogP contribution in [0.25, 0.3) is 10.8 Å². The Labute approximate surface area is 185 Å². The molecule has 0 spiro atoms. The molecular weight excluding hydrogens is 412 g/mol. The first-order valence-electron chi connectivity index (χ1n) is 10.4. The van der Waals surface area contributed by atoms with E-state index in [-0.39, 0.29) is 11.4 Å². The summed E-state index contributed by atoms with van der Waals surface area (Å²) in [4.78, 5) is 2.23. The number of nitrogens with zero attached hydrogens (tertiary/aromatic N) is 2. The van der Waals surface area contributed by atoms with E-state index in [0.29, 0.717) is 24.3 Å². The van der Waals surface area contributed by atoms with Crippen molar-refractivity contribution in [2.75, 3.05) is 43.1 Å². The monoisotopic (exact) mass is 442 g/mol. The Kier molecular flexibility index (Phi) is 7.54. The summed E-state index contributed by atoms with van der Waals surface area (Å²) >= 11 is 0. The average molecular weight is 443 g/mol. The first kappa shape index (κ1) is 23.1. The molecule has 166 valence electrons. The first-order valence-corrected chi connectivity index (χ1v) is 11.8. The summed E-state index contributed by atoms with van der Waals surface area (Å²) in [6.45, 7) is 4.63. The molecule has 3 aromatic carbocycles. The molecule has 31 heavy (non-hydrogen) atoms. The van der Waals surface area contributed by atoms with Gasteiger partial charge in [0.1, 0.15) is 0 Å². The average Bonchev–Trinajstić information content (AvgIpc) is 2.77. The third kappa shape index (κ3) is 5.01. The molecule has 0 heterocycles. The van der Waals surface area contributed by atoms with Gasteiger partial charge in [-0.2, -0.15) is 0 Å². The summed E-state index contributed by atoms with van der Waals surface area (Å²) < 4.78 is 40.7. The summed E-state index contributed by atoms with van der Waals surface area (Å²) in [6.07, 6.45) is -0.669. The fourth-order valence-electron chi connectivity index (χ4n) is 3.60. The van der Waals surface area contributed by atoms with Crippen molar-refractivity contribution in [1.82, 2.24) is 0 Å². The van der Waals surface area contributed by atoms with Gasteiger partial charge in [-0.3, -0.25) is 4.31 Å². The third-order valence-corrected chi connectivity index (χ3v) is 6.83. The standard InChI is InChI=1S/C24H30N2O4S/c1-5-29-24(30-6-2)18-26(19-12-8-7-9-13-19)31(27,28)23-17-11-14-20-21(23)15-10-16-22(20)25(3)4/h7-17,24H,5-6,18H2,1-4H3. The summed E-state index contributed by atoms with van der Waals surface area (Å²) in [5, 5.41) is 1.56. The van der Waals surface area contributed by atoms with Crippen molar-refractivity contribution in [2.45, 2.75) is 25.0 Å². The largest absolute Gasteiger partial charge is 0.377 e. The highest BCUT2D eigenvalue weighted by Gasteiger charge is 2.30. The molecule has 0 aliphatic heterocycles. The number of sulfonamides is 1. The normalized spacial score (nSPS) is 11.8. The van der Waals surface area contributed by atoms with Crippen LogP contribution < -0.4 is 9.21 Å². The quantitative estimate of drug-likeness (QED) is 0.433. The Bertz CT molecular complexity index is 1100.